The van der Waals surface area contributed by atoms with E-state index in [2.05, 4.69) is 89.6 Å². The van der Waals surface area contributed by atoms with Crippen molar-refractivity contribution in [2.75, 3.05) is 13.3 Å². The number of rotatable bonds is 4. The summed E-state index contributed by atoms with van der Waals surface area (Å²) in [6.07, 6.45) is 14.0. The molecule has 0 aliphatic heterocycles. The summed E-state index contributed by atoms with van der Waals surface area (Å²) in [7, 11) is -5.99. The van der Waals surface area contributed by atoms with Gasteiger partial charge in [0, 0.05) is 19.5 Å². The van der Waals surface area contributed by atoms with Gasteiger partial charge in [0.25, 0.3) is 0 Å². The van der Waals surface area contributed by atoms with Gasteiger partial charge in [0.15, 0.2) is 0 Å². The molecule has 1 aromatic carbocycles. The summed E-state index contributed by atoms with van der Waals surface area (Å²) in [5, 5.41) is 3.27. The van der Waals surface area contributed by atoms with E-state index in [1.807, 2.05) is 0 Å². The smallest absolute Gasteiger partial charge is 0.418 e. The van der Waals surface area contributed by atoms with Crippen LogP contribution in [0.5, 0.6) is 0 Å². The number of halogens is 4. The summed E-state index contributed by atoms with van der Waals surface area (Å²) in [6, 6.07) is 9.09. The quantitative estimate of drug-likeness (QED) is 0.154. The zero-order valence-electron chi connectivity index (χ0n) is 18.9. The van der Waals surface area contributed by atoms with Gasteiger partial charge >= 0.3 is 7.25 Å². The van der Waals surface area contributed by atoms with E-state index in [-0.39, 0.29) is 35.3 Å². The van der Waals surface area contributed by atoms with E-state index < -0.39 is 7.25 Å². The van der Waals surface area contributed by atoms with Crippen molar-refractivity contribution in [3.63, 3.8) is 0 Å². The first-order valence-electron chi connectivity index (χ1n) is 10.2. The fourth-order valence-electron chi connectivity index (χ4n) is 2.47. The fourth-order valence-corrected chi connectivity index (χ4v) is 6.05. The minimum Gasteiger partial charge on any atom is -0.418 e. The molecule has 0 unspecified atom stereocenters. The Morgan fingerprint density at radius 3 is 1.10 bits per heavy atom. The maximum atomic E-state index is 9.75. The molecule has 2 atom stereocenters. The molecule has 0 amide bonds. The summed E-state index contributed by atoms with van der Waals surface area (Å²) in [4.78, 5) is 0. The molecule has 8 heteroatoms. The Morgan fingerprint density at radius 2 is 0.900 bits per heavy atom. The Kier molecular flexibility index (Phi) is 18.8. The third kappa shape index (κ3) is 16.6. The topological polar surface area (TPSA) is 0 Å². The molecule has 1 aromatic rings. The van der Waals surface area contributed by atoms with Gasteiger partial charge in [-0.15, -0.1) is 0 Å². The Bertz CT molecular complexity index is 554. The van der Waals surface area contributed by atoms with Crippen LogP contribution in [0.1, 0.15) is 53.4 Å². The minimum absolute atomic E-state index is 0. The second-order valence-electron chi connectivity index (χ2n) is 7.49. The number of allylic oxidation sites excluding steroid dienone is 4. The van der Waals surface area contributed by atoms with E-state index in [4.69, 9.17) is 0 Å². The first-order valence-corrected chi connectivity index (χ1v) is 13.9. The Balaban J connectivity index is 0. The van der Waals surface area contributed by atoms with E-state index >= 15 is 0 Å². The number of hydrogen-bond donors (Lipinski definition) is 0. The van der Waals surface area contributed by atoms with Crippen molar-refractivity contribution < 1.29 is 36.7 Å². The predicted molar refractivity (Wildman–Crippen MR) is 129 cm³/mol. The molecule has 30 heavy (non-hydrogen) atoms. The molecule has 0 heterocycles. The second-order valence-corrected chi connectivity index (χ2v) is 13.0. The van der Waals surface area contributed by atoms with Crippen molar-refractivity contribution in [3.05, 3.63) is 48.6 Å². The molecule has 0 saturated carbocycles. The third-order valence-electron chi connectivity index (χ3n) is 4.52. The molecular weight excluding hydrogens is 516 g/mol. The Labute approximate surface area is 196 Å². The van der Waals surface area contributed by atoms with Crippen LogP contribution in [0.3, 0.4) is 0 Å². The van der Waals surface area contributed by atoms with Gasteiger partial charge in [0.1, 0.15) is 0 Å². The van der Waals surface area contributed by atoms with Crippen LogP contribution < -0.4 is 10.6 Å². The summed E-state index contributed by atoms with van der Waals surface area (Å²) < 4.78 is 39.0. The molecule has 0 spiro atoms. The molecule has 0 N–H and O–H groups in total. The largest absolute Gasteiger partial charge is 0.673 e. The van der Waals surface area contributed by atoms with E-state index in [1.165, 1.54) is 25.7 Å². The Hall–Kier alpha value is -0.0317. The van der Waals surface area contributed by atoms with Crippen molar-refractivity contribution in [2.24, 2.45) is 0 Å². The van der Waals surface area contributed by atoms with Gasteiger partial charge in [-0.25, -0.2) is 0 Å². The van der Waals surface area contributed by atoms with Crippen LogP contribution in [0.15, 0.2) is 48.6 Å². The van der Waals surface area contributed by atoms with Crippen LogP contribution in [0.25, 0.3) is 0 Å². The number of benzene rings is 1. The van der Waals surface area contributed by atoms with Crippen LogP contribution in [-0.2, 0) is 19.5 Å². The molecule has 0 saturated heterocycles. The Morgan fingerprint density at radius 1 is 0.667 bits per heavy atom. The molecule has 175 valence electrons. The van der Waals surface area contributed by atoms with Gasteiger partial charge in [0.2, 0.25) is 0 Å². The normalized spacial score (nSPS) is 17.7. The average Bonchev–Trinajstić information content (AvgIpc) is 2.58. The van der Waals surface area contributed by atoms with E-state index in [9.17, 15) is 17.3 Å². The second kappa shape index (κ2) is 17.5. The van der Waals surface area contributed by atoms with Gasteiger partial charge in [-0.3, -0.25) is 0 Å². The van der Waals surface area contributed by atoms with Crippen LogP contribution in [-0.4, -0.2) is 31.9 Å². The summed E-state index contributed by atoms with van der Waals surface area (Å²) in [5.41, 5.74) is 1.57. The minimum atomic E-state index is -6.00. The fraction of sp³-hybridized carbons (Fsp3) is 0.545. The molecule has 0 bridgehead atoms. The van der Waals surface area contributed by atoms with E-state index in [0.717, 1.165) is 11.3 Å². The third-order valence-corrected chi connectivity index (χ3v) is 10.1. The molecule has 0 aromatic heterocycles. The first kappa shape index (κ1) is 32.1. The molecule has 1 aliphatic rings. The monoisotopic (exact) mass is 552 g/mol. The van der Waals surface area contributed by atoms with Gasteiger partial charge in [-0.1, -0.05) is 92.1 Å². The zero-order chi connectivity index (χ0) is 22.4. The maximum absolute atomic E-state index is 9.75. The van der Waals surface area contributed by atoms with Crippen LogP contribution >= 0.6 is 15.8 Å². The van der Waals surface area contributed by atoms with E-state index in [1.54, 1.807) is 10.6 Å². The summed E-state index contributed by atoms with van der Waals surface area (Å²) >= 11 is 0. The summed E-state index contributed by atoms with van der Waals surface area (Å²) in [5.74, 6) is 0. The van der Waals surface area contributed by atoms with Crippen molar-refractivity contribution in [3.8, 4) is 0 Å². The SMILES string of the molecule is C1=C\CC/C=C\CC/1.CC(C)[P@](C)c1ccccc1[P@@](C)C(C)C.F[B-](F)(F)F.[Rh]. The van der Waals surface area contributed by atoms with Crippen molar-refractivity contribution >= 4 is 33.7 Å². The molecule has 2 rings (SSSR count). The van der Waals surface area contributed by atoms with Crippen molar-refractivity contribution in [2.45, 2.75) is 64.7 Å². The van der Waals surface area contributed by atoms with Crippen LogP contribution in [0.4, 0.5) is 17.3 Å². The number of hydrogen-bond acceptors (Lipinski definition) is 0. The van der Waals surface area contributed by atoms with Crippen molar-refractivity contribution in [1.29, 1.82) is 0 Å². The van der Waals surface area contributed by atoms with Gasteiger partial charge in [-0.05, 0) is 60.9 Å². The first-order chi connectivity index (χ1) is 13.4. The van der Waals surface area contributed by atoms with Gasteiger partial charge in [-0.2, -0.15) is 0 Å². The molecule has 1 radical (unpaired) electrons. The maximum Gasteiger partial charge on any atom is 0.673 e. The predicted octanol–water partition coefficient (Wildman–Crippen LogP) is 7.95. The standard InChI is InChI=1S/C14H24P2.C8H12.BF4.Rh/c1-11(2)15(5)13-9-7-8-10-14(13)16(6)12(3)4;1-2-4-6-8-7-5-3-1;2-1(3,4)5;/h7-12H,1-6H3;1-2,7-8H,3-6H2;;/q;;-1;/b;2-1-,8-7-;;/t15-,16-;;;/m0.../s1. The van der Waals surface area contributed by atoms with Crippen molar-refractivity contribution in [1.82, 2.24) is 0 Å². The van der Waals surface area contributed by atoms with Crippen LogP contribution in [0.2, 0.25) is 0 Å². The summed E-state index contributed by atoms with van der Waals surface area (Å²) in [6.45, 7) is 14.2. The molecular formula is C22H36BF4P2Rh-. The molecule has 1 aliphatic carbocycles. The molecule has 0 nitrogen and oxygen atoms in total. The van der Waals surface area contributed by atoms with E-state index in [0.29, 0.717) is 0 Å². The van der Waals surface area contributed by atoms with Gasteiger partial charge in [0.05, 0.1) is 0 Å². The zero-order valence-corrected chi connectivity index (χ0v) is 22.3. The average molecular weight is 552 g/mol. The van der Waals surface area contributed by atoms with Crippen LogP contribution in [0, 0.1) is 0 Å². The van der Waals surface area contributed by atoms with Gasteiger partial charge < -0.3 is 17.3 Å². The molecule has 0 fully saturated rings.